The molecule has 0 fully saturated rings. The van der Waals surface area contributed by atoms with Crippen LogP contribution in [0.3, 0.4) is 0 Å². The van der Waals surface area contributed by atoms with Gasteiger partial charge in [-0.2, -0.15) is 5.10 Å². The Bertz CT molecular complexity index is 653. The molecule has 4 nitrogen and oxygen atoms in total. The zero-order chi connectivity index (χ0) is 15.0. The molecule has 0 amide bonds. The molecule has 2 unspecified atom stereocenters. The second-order valence-electron chi connectivity index (χ2n) is 5.53. The summed E-state index contributed by atoms with van der Waals surface area (Å²) in [4.78, 5) is 0. The lowest BCUT2D eigenvalue weighted by atomic mass is 9.87. The molecule has 2 atom stereocenters. The van der Waals surface area contributed by atoms with Crippen molar-refractivity contribution in [3.63, 3.8) is 0 Å². The quantitative estimate of drug-likeness (QED) is 0.947. The first-order chi connectivity index (χ1) is 10.1. The molecule has 0 aliphatic heterocycles. The molecule has 5 heteroatoms. The van der Waals surface area contributed by atoms with E-state index in [9.17, 15) is 0 Å². The van der Waals surface area contributed by atoms with Gasteiger partial charge in [-0.1, -0.05) is 6.07 Å². The Morgan fingerprint density at radius 1 is 1.38 bits per heavy atom. The van der Waals surface area contributed by atoms with Crippen LogP contribution in [-0.4, -0.2) is 22.1 Å². The van der Waals surface area contributed by atoms with Crippen LogP contribution < -0.4 is 10.5 Å². The number of benzene rings is 1. The summed E-state index contributed by atoms with van der Waals surface area (Å²) in [5, 5.41) is 5.98. The largest absolute Gasteiger partial charge is 0.497 e. The third-order valence-corrected chi connectivity index (χ3v) is 5.49. The second-order valence-corrected chi connectivity index (χ2v) is 6.79. The van der Waals surface area contributed by atoms with E-state index in [1.807, 2.05) is 36.5 Å². The highest BCUT2D eigenvalue weighted by Gasteiger charge is 2.28. The highest BCUT2D eigenvalue weighted by molar-refractivity contribution is 7.99. The molecule has 0 bridgehead atoms. The number of fused-ring (bicyclic) bond motifs is 1. The first-order valence-corrected chi connectivity index (χ1v) is 8.06. The molecule has 1 heterocycles. The van der Waals surface area contributed by atoms with Gasteiger partial charge in [-0.3, -0.25) is 4.68 Å². The van der Waals surface area contributed by atoms with Crippen LogP contribution in [0.2, 0.25) is 0 Å². The fourth-order valence-electron chi connectivity index (χ4n) is 2.91. The van der Waals surface area contributed by atoms with E-state index in [1.165, 1.54) is 16.2 Å². The van der Waals surface area contributed by atoms with E-state index in [2.05, 4.69) is 23.3 Å². The van der Waals surface area contributed by atoms with Crippen molar-refractivity contribution in [2.45, 2.75) is 36.1 Å². The van der Waals surface area contributed by atoms with Gasteiger partial charge >= 0.3 is 0 Å². The van der Waals surface area contributed by atoms with Crippen LogP contribution in [0.15, 0.2) is 29.3 Å². The van der Waals surface area contributed by atoms with Crippen LogP contribution >= 0.6 is 11.8 Å². The number of ether oxygens (including phenoxy) is 1. The predicted molar refractivity (Wildman–Crippen MR) is 85.8 cm³/mol. The monoisotopic (exact) mass is 303 g/mol. The molecule has 0 saturated heterocycles. The van der Waals surface area contributed by atoms with Gasteiger partial charge in [0.25, 0.3) is 0 Å². The Labute approximate surface area is 129 Å². The molecule has 21 heavy (non-hydrogen) atoms. The smallest absolute Gasteiger partial charge is 0.119 e. The van der Waals surface area contributed by atoms with E-state index in [-0.39, 0.29) is 6.04 Å². The molecule has 1 aliphatic carbocycles. The first kappa shape index (κ1) is 14.5. The zero-order valence-corrected chi connectivity index (χ0v) is 13.5. The molecular weight excluding hydrogens is 282 g/mol. The van der Waals surface area contributed by atoms with Crippen LogP contribution in [0.4, 0.5) is 0 Å². The first-order valence-electron chi connectivity index (χ1n) is 7.18. The number of aryl methyl sites for hydroxylation is 3. The van der Waals surface area contributed by atoms with Crippen molar-refractivity contribution >= 4 is 11.8 Å². The maximum absolute atomic E-state index is 6.50. The zero-order valence-electron chi connectivity index (χ0n) is 12.7. The number of rotatable bonds is 3. The van der Waals surface area contributed by atoms with E-state index in [4.69, 9.17) is 10.5 Å². The van der Waals surface area contributed by atoms with Crippen molar-refractivity contribution in [1.82, 2.24) is 9.78 Å². The maximum Gasteiger partial charge on any atom is 0.119 e. The number of hydrogen-bond donors (Lipinski definition) is 1. The minimum Gasteiger partial charge on any atom is -0.497 e. The lowest BCUT2D eigenvalue weighted by molar-refractivity contribution is 0.413. The van der Waals surface area contributed by atoms with Crippen molar-refractivity contribution in [3.8, 4) is 5.75 Å². The number of nitrogens with zero attached hydrogens (tertiary/aromatic N) is 2. The topological polar surface area (TPSA) is 53.1 Å². The van der Waals surface area contributed by atoms with Gasteiger partial charge in [0, 0.05) is 18.3 Å². The third-order valence-electron chi connectivity index (χ3n) is 4.04. The molecule has 1 aliphatic rings. The van der Waals surface area contributed by atoms with Gasteiger partial charge in [-0.05, 0) is 49.1 Å². The van der Waals surface area contributed by atoms with Crippen molar-refractivity contribution in [2.75, 3.05) is 7.11 Å². The van der Waals surface area contributed by atoms with Gasteiger partial charge in [0.1, 0.15) is 5.75 Å². The lowest BCUT2D eigenvalue weighted by Gasteiger charge is -2.30. The van der Waals surface area contributed by atoms with Crippen LogP contribution in [0.5, 0.6) is 5.75 Å². The molecule has 1 aromatic heterocycles. The minimum absolute atomic E-state index is 0.0554. The Hall–Kier alpha value is -1.46. The van der Waals surface area contributed by atoms with Crippen molar-refractivity contribution < 1.29 is 4.74 Å². The molecule has 1 aromatic carbocycles. The summed E-state index contributed by atoms with van der Waals surface area (Å²) < 4.78 is 7.24. The van der Waals surface area contributed by atoms with Gasteiger partial charge in [0.15, 0.2) is 0 Å². The van der Waals surface area contributed by atoms with Gasteiger partial charge in [0.05, 0.1) is 17.8 Å². The molecular formula is C16H21N3OS. The van der Waals surface area contributed by atoms with Gasteiger partial charge < -0.3 is 10.5 Å². The molecule has 2 N–H and O–H groups in total. The summed E-state index contributed by atoms with van der Waals surface area (Å²) in [5.41, 5.74) is 10.1. The predicted octanol–water partition coefficient (Wildman–Crippen LogP) is 2.84. The number of thioether (sulfide) groups is 1. The second kappa shape index (κ2) is 5.73. The van der Waals surface area contributed by atoms with Gasteiger partial charge in [0.2, 0.25) is 0 Å². The average molecular weight is 303 g/mol. The Morgan fingerprint density at radius 2 is 2.19 bits per heavy atom. The maximum atomic E-state index is 6.50. The highest BCUT2D eigenvalue weighted by atomic mass is 32.2. The summed E-state index contributed by atoms with van der Waals surface area (Å²) in [6, 6.07) is 8.41. The van der Waals surface area contributed by atoms with E-state index < -0.39 is 0 Å². The van der Waals surface area contributed by atoms with Crippen molar-refractivity contribution in [1.29, 1.82) is 0 Å². The van der Waals surface area contributed by atoms with E-state index in [0.717, 1.165) is 24.3 Å². The average Bonchev–Trinajstić information content (AvgIpc) is 2.79. The van der Waals surface area contributed by atoms with E-state index in [0.29, 0.717) is 5.25 Å². The third kappa shape index (κ3) is 2.80. The summed E-state index contributed by atoms with van der Waals surface area (Å²) in [5.74, 6) is 0.911. The van der Waals surface area contributed by atoms with Crippen molar-refractivity contribution in [2.24, 2.45) is 12.8 Å². The fraction of sp³-hybridized carbons (Fsp3) is 0.438. The van der Waals surface area contributed by atoms with Gasteiger partial charge in [-0.15, -0.1) is 11.8 Å². The lowest BCUT2D eigenvalue weighted by Crippen LogP contribution is -2.29. The molecule has 112 valence electrons. The fourth-order valence-corrected chi connectivity index (χ4v) is 4.18. The molecule has 2 aromatic rings. The molecule has 0 spiro atoms. The Kier molecular flexibility index (Phi) is 3.95. The molecule has 0 radical (unpaired) electrons. The van der Waals surface area contributed by atoms with Gasteiger partial charge in [-0.25, -0.2) is 0 Å². The van der Waals surface area contributed by atoms with Crippen LogP contribution in [0.25, 0.3) is 0 Å². The SMILES string of the molecule is COc1ccc2c(c1)CCC(Sc1cc(C)nn1C)C2N. The number of nitrogens with two attached hydrogens (primary N) is 1. The van der Waals surface area contributed by atoms with Crippen LogP contribution in [-0.2, 0) is 13.5 Å². The van der Waals surface area contributed by atoms with Crippen LogP contribution in [0.1, 0.15) is 29.3 Å². The van der Waals surface area contributed by atoms with E-state index in [1.54, 1.807) is 7.11 Å². The number of hydrogen-bond acceptors (Lipinski definition) is 4. The summed E-state index contributed by atoms with van der Waals surface area (Å²) in [6.07, 6.45) is 2.13. The molecule has 0 saturated carbocycles. The highest BCUT2D eigenvalue weighted by Crippen LogP contribution is 2.39. The Balaban J connectivity index is 1.82. The van der Waals surface area contributed by atoms with E-state index >= 15 is 0 Å². The Morgan fingerprint density at radius 3 is 2.86 bits per heavy atom. The van der Waals surface area contributed by atoms with Crippen LogP contribution in [0, 0.1) is 6.92 Å². The summed E-state index contributed by atoms with van der Waals surface area (Å²) in [6.45, 7) is 2.02. The standard InChI is InChI=1S/C16H21N3OS/c1-10-8-15(19(2)18-10)21-14-7-4-11-9-12(20-3)5-6-13(11)16(14)17/h5-6,8-9,14,16H,4,7,17H2,1-3H3. The molecule has 3 rings (SSSR count). The van der Waals surface area contributed by atoms with Crippen molar-refractivity contribution in [3.05, 3.63) is 41.1 Å². The minimum atomic E-state index is 0.0554. The number of aromatic nitrogens is 2. The summed E-state index contributed by atoms with van der Waals surface area (Å²) in [7, 11) is 3.69. The normalized spacial score (nSPS) is 21.1. The summed E-state index contributed by atoms with van der Waals surface area (Å²) >= 11 is 1.84. The number of methoxy groups -OCH3 is 1.